The molecule has 0 amide bonds. The Bertz CT molecular complexity index is 246. The zero-order chi connectivity index (χ0) is 11.8. The zero-order valence-electron chi connectivity index (χ0n) is 11.5. The van der Waals surface area contributed by atoms with Crippen LogP contribution in [0.5, 0.6) is 0 Å². The lowest BCUT2D eigenvalue weighted by Crippen LogP contribution is -2.56. The normalized spacial score (nSPS) is 35.5. The number of rotatable bonds is 5. The van der Waals surface area contributed by atoms with E-state index >= 15 is 0 Å². The van der Waals surface area contributed by atoms with Gasteiger partial charge in [0.1, 0.15) is 0 Å². The van der Waals surface area contributed by atoms with Crippen LogP contribution in [-0.4, -0.2) is 36.6 Å². The summed E-state index contributed by atoms with van der Waals surface area (Å²) in [7, 11) is 0. The third-order valence-electron chi connectivity index (χ3n) is 5.10. The maximum absolute atomic E-state index is 3.63. The molecule has 1 heterocycles. The Balaban J connectivity index is 1.60. The molecule has 98 valence electrons. The lowest BCUT2D eigenvalue weighted by molar-refractivity contribution is 0.100. The number of piperazine rings is 1. The van der Waals surface area contributed by atoms with Gasteiger partial charge in [-0.3, -0.25) is 4.90 Å². The Morgan fingerprint density at radius 2 is 1.82 bits per heavy atom. The highest BCUT2D eigenvalue weighted by molar-refractivity contribution is 4.95. The van der Waals surface area contributed by atoms with Crippen molar-refractivity contribution in [3.63, 3.8) is 0 Å². The fourth-order valence-corrected chi connectivity index (χ4v) is 3.66. The van der Waals surface area contributed by atoms with Crippen molar-refractivity contribution in [1.29, 1.82) is 0 Å². The van der Waals surface area contributed by atoms with E-state index in [1.54, 1.807) is 0 Å². The number of nitrogens with one attached hydrogen (secondary N) is 1. The SMILES string of the molecule is CCC1CNC(C)CN1CC(C1CC1)C1CC1. The molecule has 3 rings (SSSR count). The van der Waals surface area contributed by atoms with Crippen LogP contribution < -0.4 is 5.32 Å². The first kappa shape index (κ1) is 12.0. The number of hydrogen-bond acceptors (Lipinski definition) is 2. The lowest BCUT2D eigenvalue weighted by Gasteiger charge is -2.41. The van der Waals surface area contributed by atoms with Crippen molar-refractivity contribution in [3.05, 3.63) is 0 Å². The molecule has 1 aliphatic heterocycles. The quantitative estimate of drug-likeness (QED) is 0.789. The molecule has 2 aliphatic carbocycles. The van der Waals surface area contributed by atoms with Gasteiger partial charge in [-0.1, -0.05) is 6.92 Å². The highest BCUT2D eigenvalue weighted by atomic mass is 15.2. The lowest BCUT2D eigenvalue weighted by atomic mass is 9.95. The molecule has 2 saturated carbocycles. The van der Waals surface area contributed by atoms with Gasteiger partial charge in [-0.25, -0.2) is 0 Å². The molecule has 2 nitrogen and oxygen atoms in total. The summed E-state index contributed by atoms with van der Waals surface area (Å²) in [5.74, 6) is 3.25. The van der Waals surface area contributed by atoms with Gasteiger partial charge in [0.05, 0.1) is 0 Å². The van der Waals surface area contributed by atoms with E-state index in [0.717, 1.165) is 23.8 Å². The van der Waals surface area contributed by atoms with E-state index in [4.69, 9.17) is 0 Å². The maximum Gasteiger partial charge on any atom is 0.0218 e. The molecular formula is C15H28N2. The molecule has 0 aromatic heterocycles. The summed E-state index contributed by atoms with van der Waals surface area (Å²) in [6.07, 6.45) is 7.42. The molecule has 17 heavy (non-hydrogen) atoms. The number of nitrogens with zero attached hydrogens (tertiary/aromatic N) is 1. The van der Waals surface area contributed by atoms with E-state index in [9.17, 15) is 0 Å². The van der Waals surface area contributed by atoms with E-state index in [0.29, 0.717) is 6.04 Å². The van der Waals surface area contributed by atoms with Gasteiger partial charge in [-0.15, -0.1) is 0 Å². The van der Waals surface area contributed by atoms with Gasteiger partial charge < -0.3 is 5.32 Å². The van der Waals surface area contributed by atoms with E-state index < -0.39 is 0 Å². The summed E-state index contributed by atoms with van der Waals surface area (Å²) in [6, 6.07) is 1.49. The van der Waals surface area contributed by atoms with E-state index in [-0.39, 0.29) is 0 Å². The van der Waals surface area contributed by atoms with Gasteiger partial charge in [0.15, 0.2) is 0 Å². The fraction of sp³-hybridized carbons (Fsp3) is 1.00. The predicted octanol–water partition coefficient (Wildman–Crippen LogP) is 2.49. The molecule has 3 aliphatic rings. The van der Waals surface area contributed by atoms with E-state index in [1.807, 2.05) is 0 Å². The van der Waals surface area contributed by atoms with Crippen molar-refractivity contribution in [1.82, 2.24) is 10.2 Å². The standard InChI is InChI=1S/C15H28N2/c1-3-14-8-16-11(2)9-17(14)10-15(12-4-5-12)13-6-7-13/h11-16H,3-10H2,1-2H3. The second-order valence-electron chi connectivity index (χ2n) is 6.66. The summed E-state index contributed by atoms with van der Waals surface area (Å²) in [4.78, 5) is 2.81. The van der Waals surface area contributed by atoms with Crippen LogP contribution in [0.3, 0.4) is 0 Å². The van der Waals surface area contributed by atoms with Gasteiger partial charge in [0, 0.05) is 31.7 Å². The molecule has 3 fully saturated rings. The Hall–Kier alpha value is -0.0800. The van der Waals surface area contributed by atoms with Crippen LogP contribution in [0.1, 0.15) is 46.0 Å². The molecule has 0 aromatic carbocycles. The van der Waals surface area contributed by atoms with Crippen LogP contribution >= 0.6 is 0 Å². The highest BCUT2D eigenvalue weighted by Crippen LogP contribution is 2.49. The first-order valence-electron chi connectivity index (χ1n) is 7.75. The smallest absolute Gasteiger partial charge is 0.0218 e. The Morgan fingerprint density at radius 1 is 1.18 bits per heavy atom. The van der Waals surface area contributed by atoms with Crippen molar-refractivity contribution in [2.24, 2.45) is 17.8 Å². The fourth-order valence-electron chi connectivity index (χ4n) is 3.66. The number of hydrogen-bond donors (Lipinski definition) is 1. The maximum atomic E-state index is 3.63. The van der Waals surface area contributed by atoms with Gasteiger partial charge in [-0.2, -0.15) is 0 Å². The third kappa shape index (κ3) is 2.85. The molecule has 1 N–H and O–H groups in total. The van der Waals surface area contributed by atoms with Crippen LogP contribution in [-0.2, 0) is 0 Å². The van der Waals surface area contributed by atoms with Crippen molar-refractivity contribution < 1.29 is 0 Å². The molecule has 2 unspecified atom stereocenters. The third-order valence-corrected chi connectivity index (χ3v) is 5.10. The Kier molecular flexibility index (Phi) is 3.45. The molecule has 2 heteroatoms. The van der Waals surface area contributed by atoms with Crippen molar-refractivity contribution in [2.75, 3.05) is 19.6 Å². The predicted molar refractivity (Wildman–Crippen MR) is 72.1 cm³/mol. The Labute approximate surface area is 106 Å². The van der Waals surface area contributed by atoms with Gasteiger partial charge in [0.25, 0.3) is 0 Å². The van der Waals surface area contributed by atoms with Crippen molar-refractivity contribution in [2.45, 2.75) is 58.0 Å². The van der Waals surface area contributed by atoms with Crippen LogP contribution in [0.15, 0.2) is 0 Å². The summed E-state index contributed by atoms with van der Waals surface area (Å²) in [5, 5.41) is 3.63. The average molecular weight is 236 g/mol. The van der Waals surface area contributed by atoms with Crippen LogP contribution in [0.4, 0.5) is 0 Å². The summed E-state index contributed by atoms with van der Waals surface area (Å²) >= 11 is 0. The summed E-state index contributed by atoms with van der Waals surface area (Å²) < 4.78 is 0. The molecule has 0 spiro atoms. The average Bonchev–Trinajstić information content (AvgIpc) is 3.16. The highest BCUT2D eigenvalue weighted by Gasteiger charge is 2.42. The minimum atomic E-state index is 0.692. The molecular weight excluding hydrogens is 208 g/mol. The van der Waals surface area contributed by atoms with Gasteiger partial charge in [0.2, 0.25) is 0 Å². The monoisotopic (exact) mass is 236 g/mol. The first-order valence-corrected chi connectivity index (χ1v) is 7.75. The Morgan fingerprint density at radius 3 is 2.35 bits per heavy atom. The van der Waals surface area contributed by atoms with Crippen LogP contribution in [0.2, 0.25) is 0 Å². The molecule has 0 bridgehead atoms. The molecule has 2 atom stereocenters. The van der Waals surface area contributed by atoms with Crippen molar-refractivity contribution >= 4 is 0 Å². The minimum absolute atomic E-state index is 0.692. The summed E-state index contributed by atoms with van der Waals surface area (Å²) in [5.41, 5.74) is 0. The largest absolute Gasteiger partial charge is 0.311 e. The molecule has 0 radical (unpaired) electrons. The molecule has 0 aromatic rings. The first-order chi connectivity index (χ1) is 8.28. The van der Waals surface area contributed by atoms with Crippen LogP contribution in [0.25, 0.3) is 0 Å². The zero-order valence-corrected chi connectivity index (χ0v) is 11.5. The van der Waals surface area contributed by atoms with E-state index in [1.165, 1.54) is 51.7 Å². The van der Waals surface area contributed by atoms with Crippen molar-refractivity contribution in [3.8, 4) is 0 Å². The second kappa shape index (κ2) is 4.89. The van der Waals surface area contributed by atoms with Crippen LogP contribution in [0, 0.1) is 17.8 Å². The summed E-state index contributed by atoms with van der Waals surface area (Å²) in [6.45, 7) is 8.56. The second-order valence-corrected chi connectivity index (χ2v) is 6.66. The van der Waals surface area contributed by atoms with Gasteiger partial charge >= 0.3 is 0 Å². The van der Waals surface area contributed by atoms with E-state index in [2.05, 4.69) is 24.1 Å². The molecule has 1 saturated heterocycles. The minimum Gasteiger partial charge on any atom is -0.311 e. The van der Waals surface area contributed by atoms with Gasteiger partial charge in [-0.05, 0) is 56.8 Å². The topological polar surface area (TPSA) is 15.3 Å².